The van der Waals surface area contributed by atoms with Crippen LogP contribution in [0.25, 0.3) is 0 Å². The molecule has 0 aromatic rings. The topological polar surface area (TPSA) is 29.4 Å². The van der Waals surface area contributed by atoms with Crippen molar-refractivity contribution in [1.29, 1.82) is 0 Å². The maximum atomic E-state index is 11.4. The van der Waals surface area contributed by atoms with Crippen LogP contribution in [-0.2, 0) is 4.79 Å². The molecule has 0 fully saturated rings. The van der Waals surface area contributed by atoms with Gasteiger partial charge in [-0.05, 0) is 0 Å². The first-order valence-corrected chi connectivity index (χ1v) is 2.27. The summed E-state index contributed by atoms with van der Waals surface area (Å²) in [7, 11) is 0. The summed E-state index contributed by atoms with van der Waals surface area (Å²) in [6.45, 7) is 0. The third-order valence-electron chi connectivity index (χ3n) is 0.449. The second-order valence-corrected chi connectivity index (χ2v) is 1.47. The van der Waals surface area contributed by atoms with Crippen molar-refractivity contribution in [2.75, 3.05) is 0 Å². The lowest BCUT2D eigenvalue weighted by atomic mass is 10.6. The van der Waals surface area contributed by atoms with Crippen molar-refractivity contribution in [1.82, 2.24) is 0 Å². The third-order valence-corrected chi connectivity index (χ3v) is 0.712. The van der Waals surface area contributed by atoms with Crippen molar-refractivity contribution in [2.45, 2.75) is 6.43 Å². The van der Waals surface area contributed by atoms with Gasteiger partial charge in [-0.2, -0.15) is 4.99 Å². The SMILES string of the molecule is O=C=NC=C(Cl)C(F)F. The number of rotatable bonds is 2. The molecule has 0 heterocycles. The molecule has 0 rings (SSSR count). The fourth-order valence-corrected chi connectivity index (χ4v) is 0.193. The number of isocyanates is 1. The monoisotopic (exact) mass is 153 g/mol. The van der Waals surface area contributed by atoms with E-state index in [0.29, 0.717) is 6.20 Å². The minimum atomic E-state index is -2.77. The highest BCUT2D eigenvalue weighted by atomic mass is 35.5. The highest BCUT2D eigenvalue weighted by molar-refractivity contribution is 6.30. The largest absolute Gasteiger partial charge is 0.275 e. The maximum absolute atomic E-state index is 11.4. The van der Waals surface area contributed by atoms with E-state index in [1.165, 1.54) is 0 Å². The normalized spacial score (nSPS) is 11.3. The summed E-state index contributed by atoms with van der Waals surface area (Å²) in [6, 6.07) is 0. The lowest BCUT2D eigenvalue weighted by Gasteiger charge is -1.88. The molecule has 0 aliphatic carbocycles. The van der Waals surface area contributed by atoms with Crippen molar-refractivity contribution in [3.8, 4) is 0 Å². The zero-order valence-corrected chi connectivity index (χ0v) is 4.90. The number of halogens is 3. The maximum Gasteiger partial charge on any atom is 0.275 e. The summed E-state index contributed by atoms with van der Waals surface area (Å²) in [5.41, 5.74) is 0. The number of hydrogen-bond acceptors (Lipinski definition) is 2. The molecule has 50 valence electrons. The van der Waals surface area contributed by atoms with Gasteiger partial charge in [-0.3, -0.25) is 0 Å². The Morgan fingerprint density at radius 3 is 2.67 bits per heavy atom. The van der Waals surface area contributed by atoms with Crippen LogP contribution in [0.4, 0.5) is 8.78 Å². The van der Waals surface area contributed by atoms with E-state index in [-0.39, 0.29) is 0 Å². The van der Waals surface area contributed by atoms with E-state index in [9.17, 15) is 13.6 Å². The molecule has 0 saturated carbocycles. The Hall–Kier alpha value is -0.730. The Morgan fingerprint density at radius 1 is 1.78 bits per heavy atom. The molecule has 2 nitrogen and oxygen atoms in total. The molecule has 0 spiro atoms. The standard InChI is InChI=1S/C4H2ClF2NO/c5-3(4(6)7)1-8-2-9/h1,4H. The Balaban J connectivity index is 3.99. The van der Waals surface area contributed by atoms with Crippen LogP contribution in [0.3, 0.4) is 0 Å². The van der Waals surface area contributed by atoms with Gasteiger partial charge in [0.2, 0.25) is 6.08 Å². The Labute approximate surface area is 54.8 Å². The number of hydrogen-bond donors (Lipinski definition) is 0. The molecule has 5 heteroatoms. The minimum absolute atomic E-state index is 0.555. The van der Waals surface area contributed by atoms with E-state index < -0.39 is 11.5 Å². The van der Waals surface area contributed by atoms with Gasteiger partial charge >= 0.3 is 0 Å². The van der Waals surface area contributed by atoms with Gasteiger partial charge in [0.05, 0.1) is 6.20 Å². The van der Waals surface area contributed by atoms with Crippen LogP contribution in [0, 0.1) is 0 Å². The Morgan fingerprint density at radius 2 is 2.33 bits per heavy atom. The van der Waals surface area contributed by atoms with Gasteiger partial charge < -0.3 is 0 Å². The number of allylic oxidation sites excluding steroid dienone is 1. The number of nitrogens with zero attached hydrogens (tertiary/aromatic N) is 1. The highest BCUT2D eigenvalue weighted by Crippen LogP contribution is 2.11. The summed E-state index contributed by atoms with van der Waals surface area (Å²) < 4.78 is 22.7. The third kappa shape index (κ3) is 3.82. The zero-order chi connectivity index (χ0) is 7.28. The minimum Gasteiger partial charge on any atom is -0.211 e. The van der Waals surface area contributed by atoms with E-state index in [1.54, 1.807) is 0 Å². The second-order valence-electron chi connectivity index (χ2n) is 1.04. The molecule has 0 aromatic heterocycles. The molecule has 0 N–H and O–H groups in total. The van der Waals surface area contributed by atoms with Gasteiger partial charge in [0.1, 0.15) is 5.03 Å². The molecule has 0 amide bonds. The van der Waals surface area contributed by atoms with E-state index in [0.717, 1.165) is 6.08 Å². The number of alkyl halides is 2. The quantitative estimate of drug-likeness (QED) is 0.438. The van der Waals surface area contributed by atoms with Crippen molar-refractivity contribution in [2.24, 2.45) is 4.99 Å². The summed E-state index contributed by atoms with van der Waals surface area (Å²) in [6.07, 6.45) is -1.19. The zero-order valence-electron chi connectivity index (χ0n) is 4.14. The molecule has 9 heavy (non-hydrogen) atoms. The number of aliphatic imine (C=N–C) groups is 1. The average Bonchev–Trinajstić information content (AvgIpc) is 1.82. The highest BCUT2D eigenvalue weighted by Gasteiger charge is 2.05. The average molecular weight is 154 g/mol. The van der Waals surface area contributed by atoms with Crippen molar-refractivity contribution >= 4 is 17.7 Å². The van der Waals surface area contributed by atoms with Crippen molar-refractivity contribution in [3.63, 3.8) is 0 Å². The van der Waals surface area contributed by atoms with Crippen LogP contribution in [-0.4, -0.2) is 12.5 Å². The van der Waals surface area contributed by atoms with Crippen LogP contribution in [0.1, 0.15) is 0 Å². The predicted molar refractivity (Wildman–Crippen MR) is 28.1 cm³/mol. The summed E-state index contributed by atoms with van der Waals surface area (Å²) in [5.74, 6) is 0. The van der Waals surface area contributed by atoms with Crippen LogP contribution in [0.15, 0.2) is 16.2 Å². The Kier molecular flexibility index (Phi) is 3.84. The fraction of sp³-hybridized carbons (Fsp3) is 0.250. The first-order valence-electron chi connectivity index (χ1n) is 1.89. The van der Waals surface area contributed by atoms with Crippen LogP contribution in [0.2, 0.25) is 0 Å². The first-order chi connectivity index (χ1) is 4.18. The van der Waals surface area contributed by atoms with E-state index in [1.807, 2.05) is 0 Å². The van der Waals surface area contributed by atoms with Crippen molar-refractivity contribution in [3.05, 3.63) is 11.2 Å². The van der Waals surface area contributed by atoms with Crippen LogP contribution < -0.4 is 0 Å². The summed E-state index contributed by atoms with van der Waals surface area (Å²) >= 11 is 4.83. The number of carbonyl (C=O) groups excluding carboxylic acids is 1. The first kappa shape index (κ1) is 8.27. The molecule has 0 aliphatic heterocycles. The lowest BCUT2D eigenvalue weighted by molar-refractivity contribution is 0.198. The van der Waals surface area contributed by atoms with Crippen LogP contribution in [0.5, 0.6) is 0 Å². The molecule has 0 radical (unpaired) electrons. The van der Waals surface area contributed by atoms with Gasteiger partial charge in [0.15, 0.2) is 0 Å². The molecule has 0 unspecified atom stereocenters. The Bertz CT molecular complexity index is 162. The molecular weight excluding hydrogens is 151 g/mol. The molecular formula is C4H2ClF2NO. The van der Waals surface area contributed by atoms with Gasteiger partial charge in [-0.15, -0.1) is 0 Å². The molecule has 0 aliphatic rings. The van der Waals surface area contributed by atoms with Crippen LogP contribution >= 0.6 is 11.6 Å². The van der Waals surface area contributed by atoms with Gasteiger partial charge in [-0.25, -0.2) is 13.6 Å². The van der Waals surface area contributed by atoms with E-state index in [4.69, 9.17) is 11.6 Å². The van der Waals surface area contributed by atoms with Gasteiger partial charge in [-0.1, -0.05) is 11.6 Å². The van der Waals surface area contributed by atoms with Crippen molar-refractivity contribution < 1.29 is 13.6 Å². The van der Waals surface area contributed by atoms with Gasteiger partial charge in [0, 0.05) is 0 Å². The molecule has 0 atom stereocenters. The predicted octanol–water partition coefficient (Wildman–Crippen LogP) is 1.67. The van der Waals surface area contributed by atoms with E-state index in [2.05, 4.69) is 4.99 Å². The summed E-state index contributed by atoms with van der Waals surface area (Å²) in [4.78, 5) is 12.0. The second kappa shape index (κ2) is 4.18. The molecule has 0 saturated heterocycles. The molecule has 0 aromatic carbocycles. The molecule has 0 bridgehead atoms. The van der Waals surface area contributed by atoms with Gasteiger partial charge in [0.25, 0.3) is 6.43 Å². The summed E-state index contributed by atoms with van der Waals surface area (Å²) in [5, 5.41) is -0.765. The smallest absolute Gasteiger partial charge is 0.211 e. The van der Waals surface area contributed by atoms with E-state index >= 15 is 0 Å². The lowest BCUT2D eigenvalue weighted by Crippen LogP contribution is -1.86. The fourth-order valence-electron chi connectivity index (χ4n) is 0.144.